The van der Waals surface area contributed by atoms with Crippen LogP contribution >= 0.6 is 11.6 Å². The van der Waals surface area contributed by atoms with Gasteiger partial charge >= 0.3 is 0 Å². The summed E-state index contributed by atoms with van der Waals surface area (Å²) in [4.78, 5) is 27.2. The van der Waals surface area contributed by atoms with E-state index in [0.29, 0.717) is 29.7 Å². The van der Waals surface area contributed by atoms with E-state index in [9.17, 15) is 4.79 Å². The largest absolute Gasteiger partial charge is 0.486 e. The molecule has 2 aromatic heterocycles. The van der Waals surface area contributed by atoms with Gasteiger partial charge in [-0.2, -0.15) is 0 Å². The number of halogens is 1. The lowest BCUT2D eigenvalue weighted by Gasteiger charge is -2.32. The number of nitrogens with zero attached hydrogens (tertiary/aromatic N) is 4. The van der Waals surface area contributed by atoms with Gasteiger partial charge in [0.1, 0.15) is 24.5 Å². The monoisotopic (exact) mass is 499 g/mol. The predicted molar refractivity (Wildman–Crippen MR) is 142 cm³/mol. The molecule has 0 unspecified atom stereocenters. The molecule has 1 saturated heterocycles. The van der Waals surface area contributed by atoms with Gasteiger partial charge < -0.3 is 15.0 Å². The van der Waals surface area contributed by atoms with Crippen LogP contribution in [0.5, 0.6) is 5.75 Å². The van der Waals surface area contributed by atoms with Crippen LogP contribution in [0.3, 0.4) is 0 Å². The van der Waals surface area contributed by atoms with Gasteiger partial charge in [0.15, 0.2) is 0 Å². The Bertz CT molecular complexity index is 1400. The van der Waals surface area contributed by atoms with Gasteiger partial charge in [0, 0.05) is 36.3 Å². The lowest BCUT2D eigenvalue weighted by atomic mass is 9.90. The maximum Gasteiger partial charge on any atom is 0.245 e. The summed E-state index contributed by atoms with van der Waals surface area (Å²) in [7, 11) is 0. The molecule has 182 valence electrons. The zero-order valence-corrected chi connectivity index (χ0v) is 20.5. The first kappa shape index (κ1) is 23.8. The highest BCUT2D eigenvalue weighted by Gasteiger charge is 2.24. The Morgan fingerprint density at radius 1 is 1.17 bits per heavy atom. The van der Waals surface area contributed by atoms with Crippen LogP contribution in [0, 0.1) is 0 Å². The summed E-state index contributed by atoms with van der Waals surface area (Å²) >= 11 is 6.50. The number of hydrogen-bond donors (Lipinski definition) is 1. The molecule has 0 aliphatic carbocycles. The minimum atomic E-state index is -0.0180. The molecule has 4 aromatic rings. The second-order valence-corrected chi connectivity index (χ2v) is 9.11. The number of likely N-dealkylation sites (tertiary alicyclic amines) is 1. The number of ether oxygens (including phenoxy) is 1. The molecule has 5 rings (SSSR count). The third-order valence-corrected chi connectivity index (χ3v) is 6.63. The number of benzene rings is 2. The first-order chi connectivity index (χ1) is 17.6. The molecule has 1 aliphatic rings. The van der Waals surface area contributed by atoms with E-state index in [4.69, 9.17) is 16.3 Å². The molecular weight excluding hydrogens is 474 g/mol. The standard InChI is InChI=1S/C28H26ClN5O2/c1-2-27(35)34-13-5-6-20(16-34)19-8-10-25-23(14-19)28(32-18-31-25)33-21-9-11-26(24(29)15-21)36-17-22-7-3-4-12-30-22/h2-4,7-12,14-15,18,20H,1,5-6,13,16-17H2,(H,31,32,33)/t20-/m0/s1. The van der Waals surface area contributed by atoms with Gasteiger partial charge in [0.2, 0.25) is 5.91 Å². The maximum absolute atomic E-state index is 12.1. The zero-order valence-electron chi connectivity index (χ0n) is 19.7. The molecule has 1 amide bonds. The molecule has 0 bridgehead atoms. The van der Waals surface area contributed by atoms with Gasteiger partial charge in [0.05, 0.1) is 16.2 Å². The Kier molecular flexibility index (Phi) is 7.09. The Labute approximate surface area is 214 Å². The predicted octanol–water partition coefficient (Wildman–Crippen LogP) is 5.89. The van der Waals surface area contributed by atoms with Gasteiger partial charge in [0.25, 0.3) is 0 Å². The van der Waals surface area contributed by atoms with Gasteiger partial charge in [-0.05, 0) is 66.9 Å². The fourth-order valence-corrected chi connectivity index (χ4v) is 4.71. The number of aromatic nitrogens is 3. The van der Waals surface area contributed by atoms with Crippen molar-refractivity contribution < 1.29 is 9.53 Å². The second-order valence-electron chi connectivity index (χ2n) is 8.71. The molecule has 7 nitrogen and oxygen atoms in total. The van der Waals surface area contributed by atoms with Gasteiger partial charge in [-0.15, -0.1) is 0 Å². The van der Waals surface area contributed by atoms with E-state index < -0.39 is 0 Å². The number of amides is 1. The average Bonchev–Trinajstić information content (AvgIpc) is 2.93. The molecule has 2 aromatic carbocycles. The molecule has 0 spiro atoms. The highest BCUT2D eigenvalue weighted by molar-refractivity contribution is 6.32. The number of pyridine rings is 1. The number of rotatable bonds is 7. The summed E-state index contributed by atoms with van der Waals surface area (Å²) in [6, 6.07) is 17.5. The number of anilines is 2. The lowest BCUT2D eigenvalue weighted by molar-refractivity contribution is -0.127. The van der Waals surface area contributed by atoms with E-state index in [1.165, 1.54) is 11.6 Å². The second kappa shape index (κ2) is 10.7. The van der Waals surface area contributed by atoms with E-state index in [0.717, 1.165) is 41.7 Å². The Morgan fingerprint density at radius 2 is 2.08 bits per heavy atom. The molecular formula is C28H26ClN5O2. The smallest absolute Gasteiger partial charge is 0.245 e. The van der Waals surface area contributed by atoms with Crippen molar-refractivity contribution in [1.82, 2.24) is 19.9 Å². The van der Waals surface area contributed by atoms with Crippen LogP contribution < -0.4 is 10.1 Å². The van der Waals surface area contributed by atoms with Crippen LogP contribution in [-0.2, 0) is 11.4 Å². The topological polar surface area (TPSA) is 80.2 Å². The first-order valence-electron chi connectivity index (χ1n) is 11.9. The summed E-state index contributed by atoms with van der Waals surface area (Å²) in [5.41, 5.74) is 3.62. The van der Waals surface area contributed by atoms with Crippen molar-refractivity contribution in [1.29, 1.82) is 0 Å². The molecule has 8 heteroatoms. The summed E-state index contributed by atoms with van der Waals surface area (Å²) in [5.74, 6) is 1.51. The summed E-state index contributed by atoms with van der Waals surface area (Å²) in [5, 5.41) is 4.77. The van der Waals surface area contributed by atoms with Crippen LogP contribution in [0.2, 0.25) is 5.02 Å². The lowest BCUT2D eigenvalue weighted by Crippen LogP contribution is -2.38. The van der Waals surface area contributed by atoms with Crippen LogP contribution in [0.4, 0.5) is 11.5 Å². The van der Waals surface area contributed by atoms with Crippen molar-refractivity contribution >= 4 is 39.9 Å². The quantitative estimate of drug-likeness (QED) is 0.319. The van der Waals surface area contributed by atoms with Crippen molar-refractivity contribution in [2.24, 2.45) is 0 Å². The zero-order chi connectivity index (χ0) is 24.9. The van der Waals surface area contributed by atoms with E-state index in [-0.39, 0.29) is 11.8 Å². The fraction of sp³-hybridized carbons (Fsp3) is 0.214. The number of fused-ring (bicyclic) bond motifs is 1. The van der Waals surface area contributed by atoms with Gasteiger partial charge in [-0.1, -0.05) is 30.3 Å². The highest BCUT2D eigenvalue weighted by Crippen LogP contribution is 2.33. The van der Waals surface area contributed by atoms with Crippen molar-refractivity contribution in [3.63, 3.8) is 0 Å². The average molecular weight is 500 g/mol. The molecule has 3 heterocycles. The number of carbonyl (C=O) groups excluding carboxylic acids is 1. The summed E-state index contributed by atoms with van der Waals surface area (Å²) < 4.78 is 5.83. The van der Waals surface area contributed by atoms with Gasteiger partial charge in [-0.3, -0.25) is 9.78 Å². The maximum atomic E-state index is 12.1. The summed E-state index contributed by atoms with van der Waals surface area (Å²) in [6.07, 6.45) is 6.65. The summed E-state index contributed by atoms with van der Waals surface area (Å²) in [6.45, 7) is 5.42. The number of piperidine rings is 1. The molecule has 1 atom stereocenters. The van der Waals surface area contributed by atoms with E-state index in [1.807, 2.05) is 47.4 Å². The molecule has 36 heavy (non-hydrogen) atoms. The third-order valence-electron chi connectivity index (χ3n) is 6.33. The fourth-order valence-electron chi connectivity index (χ4n) is 4.47. The Morgan fingerprint density at radius 3 is 2.89 bits per heavy atom. The molecule has 1 N–H and O–H groups in total. The minimum Gasteiger partial charge on any atom is -0.486 e. The van der Waals surface area contributed by atoms with Crippen molar-refractivity contribution in [3.05, 3.63) is 96.1 Å². The van der Waals surface area contributed by atoms with E-state index in [1.54, 1.807) is 12.5 Å². The molecule has 1 fully saturated rings. The SMILES string of the molecule is C=CC(=O)N1CCC[C@H](c2ccc3ncnc(Nc4ccc(OCc5ccccn5)c(Cl)c4)c3c2)C1. The van der Waals surface area contributed by atoms with E-state index in [2.05, 4.69) is 39.0 Å². The van der Waals surface area contributed by atoms with Crippen LogP contribution in [0.15, 0.2) is 79.8 Å². The number of carbonyl (C=O) groups is 1. The van der Waals surface area contributed by atoms with Crippen LogP contribution in [-0.4, -0.2) is 38.8 Å². The molecule has 0 radical (unpaired) electrons. The highest BCUT2D eigenvalue weighted by atomic mass is 35.5. The van der Waals surface area contributed by atoms with Gasteiger partial charge in [-0.25, -0.2) is 9.97 Å². The van der Waals surface area contributed by atoms with Crippen molar-refractivity contribution in [3.8, 4) is 5.75 Å². The third kappa shape index (κ3) is 5.31. The van der Waals surface area contributed by atoms with Crippen LogP contribution in [0.1, 0.15) is 30.0 Å². The number of nitrogens with one attached hydrogen (secondary N) is 1. The number of hydrogen-bond acceptors (Lipinski definition) is 6. The minimum absolute atomic E-state index is 0.0180. The molecule has 0 saturated carbocycles. The Balaban J connectivity index is 1.35. The first-order valence-corrected chi connectivity index (χ1v) is 12.2. The molecule has 1 aliphatic heterocycles. The van der Waals surface area contributed by atoms with E-state index >= 15 is 0 Å². The van der Waals surface area contributed by atoms with Crippen LogP contribution in [0.25, 0.3) is 10.9 Å². The normalized spacial score (nSPS) is 15.5. The van der Waals surface area contributed by atoms with Crippen molar-refractivity contribution in [2.45, 2.75) is 25.4 Å². The van der Waals surface area contributed by atoms with Crippen molar-refractivity contribution in [2.75, 3.05) is 18.4 Å². The Hall–Kier alpha value is -3.97.